The Hall–Kier alpha value is -1.75. The highest BCUT2D eigenvalue weighted by Gasteiger charge is 2.27. The summed E-state index contributed by atoms with van der Waals surface area (Å²) in [6.07, 6.45) is 4.15. The quantitative estimate of drug-likeness (QED) is 0.546. The summed E-state index contributed by atoms with van der Waals surface area (Å²) in [6.45, 7) is 7.86. The maximum atomic E-state index is 10.4. The molecule has 5 nitrogen and oxygen atoms in total. The molecular formula is C20H33N3O2. The van der Waals surface area contributed by atoms with E-state index >= 15 is 0 Å². The Balaban J connectivity index is 1.94. The molecule has 0 spiro atoms. The Morgan fingerprint density at radius 2 is 2.08 bits per heavy atom. The summed E-state index contributed by atoms with van der Waals surface area (Å²) in [4.78, 5) is 4.58. The number of hydrogen-bond acceptors (Lipinski definition) is 3. The lowest BCUT2D eigenvalue weighted by molar-refractivity contribution is 0.186. The van der Waals surface area contributed by atoms with E-state index in [1.54, 1.807) is 7.11 Å². The molecule has 1 atom stereocenters. The molecule has 2 rings (SSSR count). The summed E-state index contributed by atoms with van der Waals surface area (Å²) in [5, 5.41) is 17.2. The number of aliphatic imine (C=N–C) groups is 1. The first-order chi connectivity index (χ1) is 11.9. The van der Waals surface area contributed by atoms with E-state index < -0.39 is 6.10 Å². The second-order valence-electron chi connectivity index (χ2n) is 7.59. The van der Waals surface area contributed by atoms with Crippen molar-refractivity contribution < 1.29 is 9.84 Å². The Morgan fingerprint density at radius 3 is 2.72 bits per heavy atom. The second kappa shape index (κ2) is 9.09. The van der Waals surface area contributed by atoms with E-state index in [0.29, 0.717) is 18.0 Å². The number of rotatable bonds is 6. The molecule has 0 radical (unpaired) electrons. The smallest absolute Gasteiger partial charge is 0.191 e. The number of guanidine groups is 1. The van der Waals surface area contributed by atoms with Crippen LogP contribution in [0.4, 0.5) is 0 Å². The predicted octanol–water partition coefficient (Wildman–Crippen LogP) is 3.25. The van der Waals surface area contributed by atoms with Crippen molar-refractivity contribution in [3.05, 3.63) is 29.8 Å². The maximum Gasteiger partial charge on any atom is 0.191 e. The fourth-order valence-electron chi connectivity index (χ4n) is 3.19. The average Bonchev–Trinajstić information content (AvgIpc) is 2.61. The lowest BCUT2D eigenvalue weighted by Crippen LogP contribution is -2.45. The number of benzene rings is 1. The third-order valence-corrected chi connectivity index (χ3v) is 4.93. The molecule has 1 unspecified atom stereocenters. The molecule has 0 bridgehead atoms. The van der Waals surface area contributed by atoms with Crippen molar-refractivity contribution in [1.29, 1.82) is 0 Å². The van der Waals surface area contributed by atoms with Gasteiger partial charge in [0.25, 0.3) is 0 Å². The van der Waals surface area contributed by atoms with Gasteiger partial charge in [0.2, 0.25) is 0 Å². The van der Waals surface area contributed by atoms with Crippen molar-refractivity contribution in [3.63, 3.8) is 0 Å². The van der Waals surface area contributed by atoms with Crippen LogP contribution in [0.3, 0.4) is 0 Å². The van der Waals surface area contributed by atoms with Gasteiger partial charge in [0.15, 0.2) is 5.96 Å². The number of hydrogen-bond donors (Lipinski definition) is 3. The summed E-state index contributed by atoms with van der Waals surface area (Å²) in [5.41, 5.74) is 1.27. The number of ether oxygens (including phenoxy) is 1. The third kappa shape index (κ3) is 6.24. The van der Waals surface area contributed by atoms with Gasteiger partial charge < -0.3 is 20.5 Å². The van der Waals surface area contributed by atoms with Crippen LogP contribution in [-0.4, -0.2) is 37.3 Å². The van der Waals surface area contributed by atoms with Crippen molar-refractivity contribution >= 4 is 5.96 Å². The van der Waals surface area contributed by atoms with Gasteiger partial charge in [-0.05, 0) is 55.7 Å². The van der Waals surface area contributed by atoms with E-state index in [-0.39, 0.29) is 0 Å². The van der Waals surface area contributed by atoms with Crippen LogP contribution in [0.1, 0.15) is 58.1 Å². The lowest BCUT2D eigenvalue weighted by atomic mass is 9.75. The molecule has 1 aliphatic carbocycles. The van der Waals surface area contributed by atoms with Gasteiger partial charge in [-0.25, -0.2) is 0 Å². The molecule has 5 heteroatoms. The van der Waals surface area contributed by atoms with Crippen LogP contribution in [-0.2, 0) is 0 Å². The summed E-state index contributed by atoms with van der Waals surface area (Å²) in [5.74, 6) is 1.53. The van der Waals surface area contributed by atoms with Crippen LogP contribution in [0.5, 0.6) is 5.75 Å². The molecule has 0 amide bonds. The van der Waals surface area contributed by atoms with Crippen LogP contribution in [0.25, 0.3) is 0 Å². The molecule has 1 aromatic rings. The molecule has 140 valence electrons. The molecule has 25 heavy (non-hydrogen) atoms. The minimum Gasteiger partial charge on any atom is -0.497 e. The highest BCUT2D eigenvalue weighted by atomic mass is 16.5. The van der Waals surface area contributed by atoms with Gasteiger partial charge in [-0.15, -0.1) is 0 Å². The summed E-state index contributed by atoms with van der Waals surface area (Å²) >= 11 is 0. The van der Waals surface area contributed by atoms with Gasteiger partial charge in [0, 0.05) is 12.6 Å². The fraction of sp³-hybridized carbons (Fsp3) is 0.650. The predicted molar refractivity (Wildman–Crippen MR) is 103 cm³/mol. The number of nitrogens with zero attached hydrogens (tertiary/aromatic N) is 1. The van der Waals surface area contributed by atoms with Crippen LogP contribution >= 0.6 is 0 Å². The molecule has 0 aromatic heterocycles. The first-order valence-electron chi connectivity index (χ1n) is 9.30. The van der Waals surface area contributed by atoms with Crippen molar-refractivity contribution in [2.24, 2.45) is 10.4 Å². The minimum atomic E-state index is -0.643. The van der Waals surface area contributed by atoms with Crippen LogP contribution < -0.4 is 15.4 Å². The van der Waals surface area contributed by atoms with Crippen molar-refractivity contribution in [2.75, 3.05) is 20.2 Å². The van der Waals surface area contributed by atoms with E-state index in [1.165, 1.54) is 12.8 Å². The molecule has 1 aromatic carbocycles. The van der Waals surface area contributed by atoms with E-state index in [2.05, 4.69) is 36.4 Å². The van der Waals surface area contributed by atoms with E-state index in [0.717, 1.165) is 36.7 Å². The fourth-order valence-corrected chi connectivity index (χ4v) is 3.19. The molecular weight excluding hydrogens is 314 g/mol. The van der Waals surface area contributed by atoms with Crippen molar-refractivity contribution in [3.8, 4) is 5.75 Å². The maximum absolute atomic E-state index is 10.4. The number of methoxy groups -OCH3 is 1. The van der Waals surface area contributed by atoms with Gasteiger partial charge >= 0.3 is 0 Å². The second-order valence-corrected chi connectivity index (χ2v) is 7.59. The Kier molecular flexibility index (Phi) is 7.12. The van der Waals surface area contributed by atoms with Gasteiger partial charge in [-0.3, -0.25) is 4.99 Å². The van der Waals surface area contributed by atoms with Gasteiger partial charge in [-0.1, -0.05) is 26.0 Å². The highest BCUT2D eigenvalue weighted by molar-refractivity contribution is 5.80. The molecule has 1 saturated carbocycles. The standard InChI is InChI=1S/C20H33N3O2/c1-5-21-19(23-16-9-11-20(2,3)12-10-16)22-14-18(24)15-7-6-8-17(13-15)25-4/h6-8,13,16,18,24H,5,9-12,14H2,1-4H3,(H2,21,22,23). The number of aliphatic hydroxyl groups excluding tert-OH is 1. The van der Waals surface area contributed by atoms with E-state index in [1.807, 2.05) is 24.3 Å². The normalized spacial score (nSPS) is 19.3. The molecule has 0 heterocycles. The minimum absolute atomic E-state index is 0.320. The zero-order valence-corrected chi connectivity index (χ0v) is 16.0. The SMILES string of the molecule is CCNC(=NCC(O)c1cccc(OC)c1)NC1CCC(C)(C)CC1. The largest absolute Gasteiger partial charge is 0.497 e. The Labute approximate surface area is 151 Å². The molecule has 0 saturated heterocycles. The average molecular weight is 348 g/mol. The Bertz CT molecular complexity index is 562. The first-order valence-corrected chi connectivity index (χ1v) is 9.30. The lowest BCUT2D eigenvalue weighted by Gasteiger charge is -2.35. The van der Waals surface area contributed by atoms with Crippen LogP contribution in [0.15, 0.2) is 29.3 Å². The number of nitrogens with one attached hydrogen (secondary N) is 2. The van der Waals surface area contributed by atoms with Crippen LogP contribution in [0.2, 0.25) is 0 Å². The van der Waals surface area contributed by atoms with E-state index in [9.17, 15) is 5.11 Å². The summed E-state index contributed by atoms with van der Waals surface area (Å²) in [7, 11) is 1.63. The monoisotopic (exact) mass is 347 g/mol. The van der Waals surface area contributed by atoms with Gasteiger partial charge in [-0.2, -0.15) is 0 Å². The number of aliphatic hydroxyl groups is 1. The Morgan fingerprint density at radius 1 is 1.36 bits per heavy atom. The molecule has 1 aliphatic rings. The van der Waals surface area contributed by atoms with Crippen molar-refractivity contribution in [2.45, 2.75) is 58.6 Å². The van der Waals surface area contributed by atoms with Crippen LogP contribution in [0, 0.1) is 5.41 Å². The molecule has 1 fully saturated rings. The zero-order valence-electron chi connectivity index (χ0n) is 16.0. The van der Waals surface area contributed by atoms with Gasteiger partial charge in [0.05, 0.1) is 19.8 Å². The highest BCUT2D eigenvalue weighted by Crippen LogP contribution is 2.34. The molecule has 3 N–H and O–H groups in total. The molecule has 0 aliphatic heterocycles. The summed E-state index contributed by atoms with van der Waals surface area (Å²) in [6, 6.07) is 7.96. The zero-order chi connectivity index (χ0) is 18.3. The van der Waals surface area contributed by atoms with Crippen molar-refractivity contribution in [1.82, 2.24) is 10.6 Å². The first kappa shape index (κ1) is 19.6. The topological polar surface area (TPSA) is 65.9 Å². The summed E-state index contributed by atoms with van der Waals surface area (Å²) < 4.78 is 5.21. The van der Waals surface area contributed by atoms with E-state index in [4.69, 9.17) is 4.74 Å². The van der Waals surface area contributed by atoms with Gasteiger partial charge in [0.1, 0.15) is 5.75 Å². The third-order valence-electron chi connectivity index (χ3n) is 4.93.